The average Bonchev–Trinajstić information content (AvgIpc) is 2.39. The number of aryl methyl sites for hydroxylation is 1. The summed E-state index contributed by atoms with van der Waals surface area (Å²) in [4.78, 5) is 4.46. The van der Waals surface area contributed by atoms with Gasteiger partial charge in [-0.15, -0.1) is 0 Å². The fraction of sp³-hybridized carbons (Fsp3) is 0.688. The van der Waals surface area contributed by atoms with Gasteiger partial charge >= 0.3 is 0 Å². The number of nitrogens with zero attached hydrogens (tertiary/aromatic N) is 1. The molecule has 0 radical (unpaired) electrons. The molecule has 1 aromatic heterocycles. The van der Waals surface area contributed by atoms with Gasteiger partial charge in [0.1, 0.15) is 0 Å². The van der Waals surface area contributed by atoms with E-state index in [1.165, 1.54) is 5.56 Å². The predicted octanol–water partition coefficient (Wildman–Crippen LogP) is 2.90. The normalized spacial score (nSPS) is 31.4. The van der Waals surface area contributed by atoms with Crippen LogP contribution in [0, 0.1) is 0 Å². The van der Waals surface area contributed by atoms with Crippen LogP contribution in [0.1, 0.15) is 51.3 Å². The van der Waals surface area contributed by atoms with Crippen molar-refractivity contribution in [3.63, 3.8) is 0 Å². The molecule has 0 saturated carbocycles. The quantitative estimate of drug-likeness (QED) is 0.908. The molecule has 0 aliphatic carbocycles. The molecule has 2 heterocycles. The summed E-state index contributed by atoms with van der Waals surface area (Å²) >= 11 is 0. The lowest BCUT2D eigenvalue weighted by molar-refractivity contribution is -0.153. The summed E-state index contributed by atoms with van der Waals surface area (Å²) in [5.41, 5.74) is 1.33. The predicted molar refractivity (Wildman–Crippen MR) is 76.2 cm³/mol. The van der Waals surface area contributed by atoms with E-state index in [9.17, 15) is 5.11 Å². The Morgan fingerprint density at radius 1 is 1.37 bits per heavy atom. The molecule has 0 bridgehead atoms. The summed E-state index contributed by atoms with van der Waals surface area (Å²) in [5, 5.41) is 10.8. The third kappa shape index (κ3) is 3.54. The number of aliphatic hydroxyl groups is 1. The lowest BCUT2D eigenvalue weighted by atomic mass is 9.79. The van der Waals surface area contributed by atoms with Gasteiger partial charge in [0.2, 0.25) is 0 Å². The van der Waals surface area contributed by atoms with Gasteiger partial charge in [-0.2, -0.15) is 0 Å². The third-order valence-electron chi connectivity index (χ3n) is 4.27. The number of hydrogen-bond acceptors (Lipinski definition) is 3. The molecule has 0 amide bonds. The molecule has 1 aliphatic rings. The van der Waals surface area contributed by atoms with Gasteiger partial charge in [-0.1, -0.05) is 19.9 Å². The van der Waals surface area contributed by atoms with Crippen LogP contribution in [0.4, 0.5) is 0 Å². The molecule has 0 spiro atoms. The minimum atomic E-state index is -0.677. The first-order valence-corrected chi connectivity index (χ1v) is 7.29. The SMILES string of the molecule is CCc1ccc(CC2(O)CCOC(C)(CC)C2)nc1. The van der Waals surface area contributed by atoms with Crippen LogP contribution in [0.2, 0.25) is 0 Å². The number of aromatic nitrogens is 1. The lowest BCUT2D eigenvalue weighted by Gasteiger charge is -2.43. The zero-order valence-electron chi connectivity index (χ0n) is 12.3. The van der Waals surface area contributed by atoms with Crippen molar-refractivity contribution in [1.29, 1.82) is 0 Å². The fourth-order valence-electron chi connectivity index (χ4n) is 2.81. The number of hydrogen-bond donors (Lipinski definition) is 1. The van der Waals surface area contributed by atoms with Crippen LogP contribution in [-0.2, 0) is 17.6 Å². The van der Waals surface area contributed by atoms with E-state index in [0.29, 0.717) is 25.9 Å². The Morgan fingerprint density at radius 3 is 2.74 bits per heavy atom. The van der Waals surface area contributed by atoms with E-state index < -0.39 is 5.60 Å². The van der Waals surface area contributed by atoms with Crippen LogP contribution < -0.4 is 0 Å². The van der Waals surface area contributed by atoms with Gasteiger partial charge in [0.05, 0.1) is 17.8 Å². The highest BCUT2D eigenvalue weighted by molar-refractivity contribution is 5.16. The highest BCUT2D eigenvalue weighted by atomic mass is 16.5. The zero-order valence-corrected chi connectivity index (χ0v) is 12.3. The molecule has 1 aliphatic heterocycles. The van der Waals surface area contributed by atoms with E-state index in [1.54, 1.807) is 0 Å². The van der Waals surface area contributed by atoms with Crippen molar-refractivity contribution in [2.45, 2.75) is 64.1 Å². The fourth-order valence-corrected chi connectivity index (χ4v) is 2.81. The maximum atomic E-state index is 10.8. The van der Waals surface area contributed by atoms with Crippen LogP contribution in [0.3, 0.4) is 0 Å². The summed E-state index contributed by atoms with van der Waals surface area (Å²) in [6.07, 6.45) is 5.84. The second-order valence-corrected chi connectivity index (χ2v) is 5.99. The number of ether oxygens (including phenoxy) is 1. The number of pyridine rings is 1. The van der Waals surface area contributed by atoms with E-state index in [-0.39, 0.29) is 5.60 Å². The Labute approximate surface area is 116 Å². The molecular formula is C16H25NO2. The average molecular weight is 263 g/mol. The van der Waals surface area contributed by atoms with E-state index in [0.717, 1.165) is 18.5 Å². The van der Waals surface area contributed by atoms with Crippen molar-refractivity contribution >= 4 is 0 Å². The van der Waals surface area contributed by atoms with Gasteiger partial charge in [-0.25, -0.2) is 0 Å². The molecule has 1 saturated heterocycles. The van der Waals surface area contributed by atoms with Gasteiger partial charge < -0.3 is 9.84 Å². The van der Waals surface area contributed by atoms with Gasteiger partial charge in [0.25, 0.3) is 0 Å². The maximum absolute atomic E-state index is 10.8. The second kappa shape index (κ2) is 5.59. The van der Waals surface area contributed by atoms with Gasteiger partial charge in [0, 0.05) is 24.7 Å². The number of rotatable bonds is 4. The summed E-state index contributed by atoms with van der Waals surface area (Å²) in [6, 6.07) is 4.14. The Balaban J connectivity index is 2.07. The first-order valence-electron chi connectivity index (χ1n) is 7.29. The summed E-state index contributed by atoms with van der Waals surface area (Å²) in [7, 11) is 0. The monoisotopic (exact) mass is 263 g/mol. The van der Waals surface area contributed by atoms with Crippen molar-refractivity contribution < 1.29 is 9.84 Å². The Kier molecular flexibility index (Phi) is 4.26. The summed E-state index contributed by atoms with van der Waals surface area (Å²) in [5.74, 6) is 0. The minimum absolute atomic E-state index is 0.198. The van der Waals surface area contributed by atoms with Crippen molar-refractivity contribution in [3.05, 3.63) is 29.6 Å². The Morgan fingerprint density at radius 2 is 2.16 bits per heavy atom. The lowest BCUT2D eigenvalue weighted by Crippen LogP contribution is -2.48. The van der Waals surface area contributed by atoms with E-state index in [2.05, 4.69) is 31.8 Å². The topological polar surface area (TPSA) is 42.4 Å². The van der Waals surface area contributed by atoms with Crippen LogP contribution in [0.5, 0.6) is 0 Å². The second-order valence-electron chi connectivity index (χ2n) is 5.99. The standard InChI is InChI=1S/C16H25NO2/c1-4-13-6-7-14(17-11-13)10-16(18)8-9-19-15(3,5-2)12-16/h6-7,11,18H,4-5,8-10,12H2,1-3H3. The molecule has 2 rings (SSSR count). The first kappa shape index (κ1) is 14.5. The molecule has 1 N–H and O–H groups in total. The molecule has 106 valence electrons. The molecule has 3 heteroatoms. The van der Waals surface area contributed by atoms with E-state index in [1.807, 2.05) is 12.3 Å². The molecule has 19 heavy (non-hydrogen) atoms. The minimum Gasteiger partial charge on any atom is -0.389 e. The first-order chi connectivity index (χ1) is 8.99. The Hall–Kier alpha value is -0.930. The van der Waals surface area contributed by atoms with Gasteiger partial charge in [-0.05, 0) is 37.8 Å². The molecule has 1 fully saturated rings. The largest absolute Gasteiger partial charge is 0.389 e. The summed E-state index contributed by atoms with van der Waals surface area (Å²) in [6.45, 7) is 6.95. The van der Waals surface area contributed by atoms with Gasteiger partial charge in [-0.3, -0.25) is 4.98 Å². The smallest absolute Gasteiger partial charge is 0.0752 e. The van der Waals surface area contributed by atoms with Crippen LogP contribution >= 0.6 is 0 Å². The maximum Gasteiger partial charge on any atom is 0.0752 e. The van der Waals surface area contributed by atoms with Crippen molar-refractivity contribution in [1.82, 2.24) is 4.98 Å². The van der Waals surface area contributed by atoms with Crippen molar-refractivity contribution in [3.8, 4) is 0 Å². The van der Waals surface area contributed by atoms with Crippen LogP contribution in [0.15, 0.2) is 18.3 Å². The molecule has 1 aromatic rings. The van der Waals surface area contributed by atoms with Crippen molar-refractivity contribution in [2.75, 3.05) is 6.61 Å². The van der Waals surface area contributed by atoms with E-state index >= 15 is 0 Å². The highest BCUT2D eigenvalue weighted by Gasteiger charge is 2.41. The van der Waals surface area contributed by atoms with E-state index in [4.69, 9.17) is 4.74 Å². The van der Waals surface area contributed by atoms with Crippen LogP contribution in [0.25, 0.3) is 0 Å². The highest BCUT2D eigenvalue weighted by Crippen LogP contribution is 2.36. The summed E-state index contributed by atoms with van der Waals surface area (Å²) < 4.78 is 5.80. The Bertz CT molecular complexity index is 417. The van der Waals surface area contributed by atoms with Gasteiger partial charge in [0.15, 0.2) is 0 Å². The zero-order chi connectivity index (χ0) is 13.9. The third-order valence-corrected chi connectivity index (χ3v) is 4.27. The molecule has 3 nitrogen and oxygen atoms in total. The molecule has 2 unspecified atom stereocenters. The molecular weight excluding hydrogens is 238 g/mol. The molecule has 2 atom stereocenters. The van der Waals surface area contributed by atoms with Crippen molar-refractivity contribution in [2.24, 2.45) is 0 Å². The molecule has 0 aromatic carbocycles. The van der Waals surface area contributed by atoms with Crippen LogP contribution in [-0.4, -0.2) is 27.9 Å².